The summed E-state index contributed by atoms with van der Waals surface area (Å²) in [6.07, 6.45) is 3.94. The predicted octanol–water partition coefficient (Wildman–Crippen LogP) is 3.12. The predicted molar refractivity (Wildman–Crippen MR) is 70.5 cm³/mol. The third-order valence-corrected chi connectivity index (χ3v) is 3.99. The lowest BCUT2D eigenvalue weighted by molar-refractivity contribution is 0.105. The van der Waals surface area contributed by atoms with Crippen molar-refractivity contribution in [3.8, 4) is 5.88 Å². The van der Waals surface area contributed by atoms with E-state index in [2.05, 4.69) is 21.4 Å². The molecule has 2 heterocycles. The van der Waals surface area contributed by atoms with E-state index in [4.69, 9.17) is 4.74 Å². The Labute approximate surface area is 105 Å². The summed E-state index contributed by atoms with van der Waals surface area (Å²) < 4.78 is 11.4. The summed E-state index contributed by atoms with van der Waals surface area (Å²) in [4.78, 5) is 2.36. The Hall–Kier alpha value is -1.13. The Morgan fingerprint density at radius 1 is 1.18 bits per heavy atom. The van der Waals surface area contributed by atoms with Gasteiger partial charge in [-0.15, -0.1) is 0 Å². The van der Waals surface area contributed by atoms with Crippen LogP contribution in [0.5, 0.6) is 5.88 Å². The smallest absolute Gasteiger partial charge is 0.234 e. The molecule has 0 bridgehead atoms. The molecule has 1 aromatic carbocycles. The summed E-state index contributed by atoms with van der Waals surface area (Å²) in [6.45, 7) is 2.98. The van der Waals surface area contributed by atoms with Gasteiger partial charge in [-0.1, -0.05) is 18.6 Å². The normalized spacial score (nSPS) is 17.4. The van der Waals surface area contributed by atoms with Gasteiger partial charge in [0.1, 0.15) is 6.73 Å². The molecule has 0 radical (unpaired) electrons. The van der Waals surface area contributed by atoms with E-state index in [1.165, 1.54) is 35.5 Å². The van der Waals surface area contributed by atoms with E-state index in [1.807, 2.05) is 12.1 Å². The molecule has 0 unspecified atom stereocenters. The van der Waals surface area contributed by atoms with Crippen molar-refractivity contribution in [2.75, 3.05) is 19.8 Å². The van der Waals surface area contributed by atoms with Crippen LogP contribution in [0.3, 0.4) is 0 Å². The molecule has 0 amide bonds. The Bertz CT molecular complexity index is 491. The quantitative estimate of drug-likeness (QED) is 0.834. The molecule has 0 spiro atoms. The average Bonchev–Trinajstić information content (AvgIpc) is 2.81. The van der Waals surface area contributed by atoms with Crippen LogP contribution in [0.4, 0.5) is 0 Å². The lowest BCUT2D eigenvalue weighted by atomic mass is 10.1. The van der Waals surface area contributed by atoms with Crippen LogP contribution in [-0.2, 0) is 0 Å². The van der Waals surface area contributed by atoms with Gasteiger partial charge in [-0.05, 0) is 36.5 Å². The second-order valence-corrected chi connectivity index (χ2v) is 5.24. The van der Waals surface area contributed by atoms with Gasteiger partial charge >= 0.3 is 0 Å². The van der Waals surface area contributed by atoms with Gasteiger partial charge in [0.05, 0.1) is 10.1 Å². The Morgan fingerprint density at radius 2 is 2.00 bits per heavy atom. The highest BCUT2D eigenvalue weighted by atomic mass is 32.1. The molecule has 1 saturated heterocycles. The van der Waals surface area contributed by atoms with Crippen molar-refractivity contribution in [2.45, 2.75) is 19.3 Å². The SMILES string of the molecule is c1ccc2c(OCN3CCCCC3)nsc2c1. The highest BCUT2D eigenvalue weighted by Gasteiger charge is 2.12. The number of aromatic nitrogens is 1. The molecular weight excluding hydrogens is 232 g/mol. The van der Waals surface area contributed by atoms with Crippen LogP contribution in [0.25, 0.3) is 10.1 Å². The number of ether oxygens (including phenoxy) is 1. The van der Waals surface area contributed by atoms with E-state index in [9.17, 15) is 0 Å². The number of piperidine rings is 1. The van der Waals surface area contributed by atoms with Gasteiger partial charge < -0.3 is 4.74 Å². The molecule has 1 aliphatic heterocycles. The number of rotatable bonds is 3. The van der Waals surface area contributed by atoms with Crippen LogP contribution in [-0.4, -0.2) is 29.1 Å². The number of hydrogen-bond donors (Lipinski definition) is 0. The summed E-state index contributed by atoms with van der Waals surface area (Å²) >= 11 is 1.51. The number of hydrogen-bond acceptors (Lipinski definition) is 4. The van der Waals surface area contributed by atoms with Crippen molar-refractivity contribution < 1.29 is 4.74 Å². The maximum Gasteiger partial charge on any atom is 0.234 e. The second kappa shape index (κ2) is 5.02. The van der Waals surface area contributed by atoms with Crippen molar-refractivity contribution in [1.82, 2.24) is 9.27 Å². The summed E-state index contributed by atoms with van der Waals surface area (Å²) in [5.41, 5.74) is 0. The highest BCUT2D eigenvalue weighted by Crippen LogP contribution is 2.28. The van der Waals surface area contributed by atoms with Gasteiger partial charge in [0.15, 0.2) is 0 Å². The van der Waals surface area contributed by atoms with Crippen molar-refractivity contribution in [3.05, 3.63) is 24.3 Å². The Morgan fingerprint density at radius 3 is 2.88 bits per heavy atom. The first-order valence-electron chi connectivity index (χ1n) is 6.13. The minimum Gasteiger partial charge on any atom is -0.460 e. The van der Waals surface area contributed by atoms with E-state index in [0.717, 1.165) is 24.4 Å². The van der Waals surface area contributed by atoms with Crippen LogP contribution in [0.1, 0.15) is 19.3 Å². The Balaban J connectivity index is 1.68. The number of benzene rings is 1. The molecule has 3 nitrogen and oxygen atoms in total. The number of fused-ring (bicyclic) bond motifs is 1. The molecule has 17 heavy (non-hydrogen) atoms. The zero-order chi connectivity index (χ0) is 11.5. The van der Waals surface area contributed by atoms with E-state index < -0.39 is 0 Å². The van der Waals surface area contributed by atoms with Crippen LogP contribution in [0.2, 0.25) is 0 Å². The molecule has 1 fully saturated rings. The fraction of sp³-hybridized carbons (Fsp3) is 0.462. The van der Waals surface area contributed by atoms with Crippen LogP contribution in [0.15, 0.2) is 24.3 Å². The van der Waals surface area contributed by atoms with E-state index in [-0.39, 0.29) is 0 Å². The monoisotopic (exact) mass is 248 g/mol. The molecule has 0 atom stereocenters. The van der Waals surface area contributed by atoms with Crippen molar-refractivity contribution in [2.24, 2.45) is 0 Å². The summed E-state index contributed by atoms with van der Waals surface area (Å²) in [6, 6.07) is 8.23. The largest absolute Gasteiger partial charge is 0.460 e. The standard InChI is InChI=1S/C13H16N2OS/c1-4-8-15(9-5-1)10-16-13-11-6-2-3-7-12(11)17-14-13/h2-3,6-7H,1,4-5,8-10H2. The molecule has 2 aromatic rings. The molecule has 0 N–H and O–H groups in total. The number of nitrogens with zero attached hydrogens (tertiary/aromatic N) is 2. The van der Waals surface area contributed by atoms with Gasteiger partial charge in [-0.2, -0.15) is 4.37 Å². The highest BCUT2D eigenvalue weighted by molar-refractivity contribution is 7.13. The molecule has 0 saturated carbocycles. The topological polar surface area (TPSA) is 25.4 Å². The Kier molecular flexibility index (Phi) is 3.25. The molecule has 1 aliphatic rings. The van der Waals surface area contributed by atoms with Gasteiger partial charge in [0.25, 0.3) is 0 Å². The first-order valence-corrected chi connectivity index (χ1v) is 6.90. The van der Waals surface area contributed by atoms with Gasteiger partial charge in [-0.25, -0.2) is 0 Å². The van der Waals surface area contributed by atoms with Crippen molar-refractivity contribution >= 4 is 21.6 Å². The average molecular weight is 248 g/mol. The zero-order valence-corrected chi connectivity index (χ0v) is 10.6. The van der Waals surface area contributed by atoms with Crippen LogP contribution in [0, 0.1) is 0 Å². The van der Waals surface area contributed by atoms with Crippen molar-refractivity contribution in [1.29, 1.82) is 0 Å². The molecular formula is C13H16N2OS. The summed E-state index contributed by atoms with van der Waals surface area (Å²) in [7, 11) is 0. The van der Waals surface area contributed by atoms with E-state index >= 15 is 0 Å². The van der Waals surface area contributed by atoms with E-state index in [1.54, 1.807) is 0 Å². The lowest BCUT2D eigenvalue weighted by Crippen LogP contribution is -2.33. The third-order valence-electron chi connectivity index (χ3n) is 3.18. The van der Waals surface area contributed by atoms with Gasteiger partial charge in [0, 0.05) is 13.1 Å². The fourth-order valence-corrected chi connectivity index (χ4v) is 2.93. The minimum atomic E-state index is 0.674. The van der Waals surface area contributed by atoms with Crippen molar-refractivity contribution in [3.63, 3.8) is 0 Å². The second-order valence-electron chi connectivity index (χ2n) is 4.44. The third kappa shape index (κ3) is 2.42. The molecule has 4 heteroatoms. The van der Waals surface area contributed by atoms with Crippen LogP contribution >= 0.6 is 11.5 Å². The maximum atomic E-state index is 5.82. The first-order chi connectivity index (χ1) is 8.43. The zero-order valence-electron chi connectivity index (χ0n) is 9.76. The van der Waals surface area contributed by atoms with E-state index in [0.29, 0.717) is 6.73 Å². The molecule has 0 aliphatic carbocycles. The van der Waals surface area contributed by atoms with Gasteiger partial charge in [0.2, 0.25) is 5.88 Å². The lowest BCUT2D eigenvalue weighted by Gasteiger charge is -2.25. The summed E-state index contributed by atoms with van der Waals surface area (Å²) in [5, 5.41) is 1.13. The summed E-state index contributed by atoms with van der Waals surface area (Å²) in [5.74, 6) is 0.788. The molecule has 90 valence electrons. The fourth-order valence-electron chi connectivity index (χ4n) is 2.21. The maximum absolute atomic E-state index is 5.82. The number of likely N-dealkylation sites (tertiary alicyclic amines) is 1. The van der Waals surface area contributed by atoms with Gasteiger partial charge in [-0.3, -0.25) is 4.90 Å². The first kappa shape index (κ1) is 11.0. The molecule has 1 aromatic heterocycles. The van der Waals surface area contributed by atoms with Crippen LogP contribution < -0.4 is 4.74 Å². The molecule has 3 rings (SSSR count). The minimum absolute atomic E-state index is 0.674.